The summed E-state index contributed by atoms with van der Waals surface area (Å²) in [4.78, 5) is 13.6. The Kier molecular flexibility index (Phi) is 3.85. The average Bonchev–Trinajstić information content (AvgIpc) is 2.60. The third kappa shape index (κ3) is 3.16. The van der Waals surface area contributed by atoms with Gasteiger partial charge in [0.15, 0.2) is 0 Å². The number of ether oxygens (including phenoxy) is 1. The van der Waals surface area contributed by atoms with Crippen LogP contribution in [0.25, 0.3) is 0 Å². The van der Waals surface area contributed by atoms with Crippen LogP contribution in [0.15, 0.2) is 0 Å². The van der Waals surface area contributed by atoms with Gasteiger partial charge in [0.2, 0.25) is 0 Å². The number of aliphatic hydroxyl groups is 1. The van der Waals surface area contributed by atoms with Gasteiger partial charge in [-0.1, -0.05) is 6.42 Å². The summed E-state index contributed by atoms with van der Waals surface area (Å²) < 4.78 is 5.36. The molecule has 0 aromatic heterocycles. The van der Waals surface area contributed by atoms with Crippen molar-refractivity contribution in [2.24, 2.45) is 11.8 Å². The van der Waals surface area contributed by atoms with E-state index in [-0.39, 0.29) is 18.1 Å². The first kappa shape index (κ1) is 13.7. The molecule has 0 aromatic carbocycles. The number of rotatable bonds is 2. The van der Waals surface area contributed by atoms with E-state index in [9.17, 15) is 9.90 Å². The van der Waals surface area contributed by atoms with Crippen LogP contribution in [0.5, 0.6) is 0 Å². The highest BCUT2D eigenvalue weighted by Crippen LogP contribution is 2.35. The predicted molar refractivity (Wildman–Crippen MR) is 69.3 cm³/mol. The van der Waals surface area contributed by atoms with Crippen molar-refractivity contribution in [1.29, 1.82) is 0 Å². The second kappa shape index (κ2) is 5.08. The molecular weight excluding hydrogens is 230 g/mol. The number of hydrogen-bond donors (Lipinski definition) is 1. The molecule has 0 spiro atoms. The van der Waals surface area contributed by atoms with E-state index < -0.39 is 5.60 Å². The lowest BCUT2D eigenvalue weighted by Gasteiger charge is -2.33. The van der Waals surface area contributed by atoms with Gasteiger partial charge in [0.25, 0.3) is 0 Å². The first-order valence-electron chi connectivity index (χ1n) is 7.03. The van der Waals surface area contributed by atoms with Gasteiger partial charge in [-0.3, -0.25) is 0 Å². The van der Waals surface area contributed by atoms with Crippen molar-refractivity contribution in [3.05, 3.63) is 0 Å². The van der Waals surface area contributed by atoms with E-state index in [4.69, 9.17) is 4.74 Å². The van der Waals surface area contributed by atoms with Crippen LogP contribution < -0.4 is 0 Å². The Balaban J connectivity index is 1.82. The van der Waals surface area contributed by atoms with Gasteiger partial charge in [-0.2, -0.15) is 0 Å². The van der Waals surface area contributed by atoms with Gasteiger partial charge < -0.3 is 14.7 Å². The van der Waals surface area contributed by atoms with Gasteiger partial charge in [0.05, 0.1) is 6.10 Å². The molecule has 4 nitrogen and oxygen atoms in total. The molecule has 1 N–H and O–H groups in total. The molecule has 1 aliphatic carbocycles. The molecule has 1 saturated heterocycles. The quantitative estimate of drug-likeness (QED) is 0.824. The standard InChI is InChI=1S/C14H25NO3/c1-14(2,3)18-13(17)15-8-7-11(9-15)12(16)10-5-4-6-10/h10-12,16H,4-9H2,1-3H3/t11-,12?/m0/s1. The molecule has 1 unspecified atom stereocenters. The highest BCUT2D eigenvalue weighted by Gasteiger charge is 2.37. The normalized spacial score (nSPS) is 26.9. The molecule has 1 amide bonds. The molecule has 0 radical (unpaired) electrons. The minimum atomic E-state index is -0.443. The van der Waals surface area contributed by atoms with Gasteiger partial charge in [0.1, 0.15) is 5.60 Å². The van der Waals surface area contributed by atoms with E-state index in [1.54, 1.807) is 4.90 Å². The maximum atomic E-state index is 11.9. The van der Waals surface area contributed by atoms with E-state index in [0.29, 0.717) is 19.0 Å². The van der Waals surface area contributed by atoms with Crippen molar-refractivity contribution in [2.45, 2.75) is 58.2 Å². The summed E-state index contributed by atoms with van der Waals surface area (Å²) in [5.41, 5.74) is -0.443. The second-order valence-corrected chi connectivity index (χ2v) is 6.66. The zero-order valence-electron chi connectivity index (χ0n) is 11.7. The second-order valence-electron chi connectivity index (χ2n) is 6.66. The van der Waals surface area contributed by atoms with E-state index in [1.807, 2.05) is 20.8 Å². The molecule has 1 heterocycles. The molecule has 1 aliphatic heterocycles. The number of amides is 1. The lowest BCUT2D eigenvalue weighted by Crippen LogP contribution is -2.38. The van der Waals surface area contributed by atoms with Crippen molar-refractivity contribution in [3.63, 3.8) is 0 Å². The Morgan fingerprint density at radius 2 is 1.94 bits per heavy atom. The first-order chi connectivity index (χ1) is 8.37. The number of hydrogen-bond acceptors (Lipinski definition) is 3. The van der Waals surface area contributed by atoms with Crippen LogP contribution >= 0.6 is 0 Å². The lowest BCUT2D eigenvalue weighted by atomic mass is 9.76. The van der Waals surface area contributed by atoms with Crippen LogP contribution in [-0.2, 0) is 4.74 Å². The Bertz CT molecular complexity index is 307. The monoisotopic (exact) mass is 255 g/mol. The summed E-state index contributed by atoms with van der Waals surface area (Å²) in [6.45, 7) is 6.99. The summed E-state index contributed by atoms with van der Waals surface area (Å²) in [5.74, 6) is 0.705. The van der Waals surface area contributed by atoms with Crippen molar-refractivity contribution in [3.8, 4) is 0 Å². The smallest absolute Gasteiger partial charge is 0.410 e. The minimum Gasteiger partial charge on any atom is -0.444 e. The number of carbonyl (C=O) groups is 1. The molecule has 1 saturated carbocycles. The van der Waals surface area contributed by atoms with Crippen LogP contribution in [-0.4, -0.2) is 40.9 Å². The van der Waals surface area contributed by atoms with Crippen molar-refractivity contribution in [2.75, 3.05) is 13.1 Å². The molecule has 0 bridgehead atoms. The highest BCUT2D eigenvalue weighted by atomic mass is 16.6. The summed E-state index contributed by atoms with van der Waals surface area (Å²) in [5, 5.41) is 10.2. The Morgan fingerprint density at radius 1 is 1.28 bits per heavy atom. The van der Waals surface area contributed by atoms with Crippen molar-refractivity contribution in [1.82, 2.24) is 4.90 Å². The molecule has 2 fully saturated rings. The number of aliphatic hydroxyl groups excluding tert-OH is 1. The predicted octanol–water partition coefficient (Wildman–Crippen LogP) is 2.40. The van der Waals surface area contributed by atoms with E-state index in [0.717, 1.165) is 19.3 Å². The summed E-state index contributed by atoms with van der Waals surface area (Å²) >= 11 is 0. The molecule has 4 heteroatoms. The number of nitrogens with zero attached hydrogens (tertiary/aromatic N) is 1. The Labute approximate surface area is 109 Å². The SMILES string of the molecule is CC(C)(C)OC(=O)N1CC[C@H](C(O)C2CCC2)C1. The molecule has 18 heavy (non-hydrogen) atoms. The highest BCUT2D eigenvalue weighted by molar-refractivity contribution is 5.68. The largest absolute Gasteiger partial charge is 0.444 e. The van der Waals surface area contributed by atoms with Gasteiger partial charge >= 0.3 is 6.09 Å². The molecule has 0 aromatic rings. The topological polar surface area (TPSA) is 49.8 Å². The van der Waals surface area contributed by atoms with Crippen LogP contribution in [0.1, 0.15) is 46.5 Å². The fourth-order valence-electron chi connectivity index (χ4n) is 2.72. The van der Waals surface area contributed by atoms with Crippen LogP contribution in [0.2, 0.25) is 0 Å². The Morgan fingerprint density at radius 3 is 2.44 bits per heavy atom. The minimum absolute atomic E-state index is 0.230. The number of likely N-dealkylation sites (tertiary alicyclic amines) is 1. The number of carbonyl (C=O) groups excluding carboxylic acids is 1. The van der Waals surface area contributed by atoms with Crippen LogP contribution in [0.4, 0.5) is 4.79 Å². The molecule has 2 atom stereocenters. The first-order valence-corrected chi connectivity index (χ1v) is 7.03. The molecular formula is C14H25NO3. The average molecular weight is 255 g/mol. The van der Waals surface area contributed by atoms with Gasteiger partial charge in [-0.25, -0.2) is 4.79 Å². The zero-order chi connectivity index (χ0) is 13.3. The summed E-state index contributed by atoms with van der Waals surface area (Å²) in [6.07, 6.45) is 3.95. The molecule has 2 aliphatic rings. The maximum absolute atomic E-state index is 11.9. The van der Waals surface area contributed by atoms with Gasteiger partial charge in [0, 0.05) is 19.0 Å². The zero-order valence-corrected chi connectivity index (χ0v) is 11.7. The van der Waals surface area contributed by atoms with Crippen molar-refractivity contribution >= 4 is 6.09 Å². The van der Waals surface area contributed by atoms with Crippen LogP contribution in [0, 0.1) is 11.8 Å². The summed E-state index contributed by atoms with van der Waals surface area (Å²) in [7, 11) is 0. The third-order valence-electron chi connectivity index (χ3n) is 3.99. The fraction of sp³-hybridized carbons (Fsp3) is 0.929. The molecule has 2 rings (SSSR count). The van der Waals surface area contributed by atoms with Gasteiger partial charge in [-0.15, -0.1) is 0 Å². The van der Waals surface area contributed by atoms with E-state index in [2.05, 4.69) is 0 Å². The van der Waals surface area contributed by atoms with E-state index in [1.165, 1.54) is 6.42 Å². The fourth-order valence-corrected chi connectivity index (χ4v) is 2.72. The molecule has 104 valence electrons. The van der Waals surface area contributed by atoms with Gasteiger partial charge in [-0.05, 0) is 46.0 Å². The van der Waals surface area contributed by atoms with Crippen LogP contribution in [0.3, 0.4) is 0 Å². The lowest BCUT2D eigenvalue weighted by molar-refractivity contribution is 0.0105. The van der Waals surface area contributed by atoms with Crippen molar-refractivity contribution < 1.29 is 14.6 Å². The third-order valence-corrected chi connectivity index (χ3v) is 3.99. The summed E-state index contributed by atoms with van der Waals surface area (Å²) in [6, 6.07) is 0. The van der Waals surface area contributed by atoms with E-state index >= 15 is 0 Å². The Hall–Kier alpha value is -0.770. The maximum Gasteiger partial charge on any atom is 0.410 e.